The molecule has 3 heteroatoms. The van der Waals surface area contributed by atoms with Crippen LogP contribution in [-0.2, 0) is 10.3 Å². The Labute approximate surface area is 129 Å². The fraction of sp³-hybridized carbons (Fsp3) is 0.667. The Balaban J connectivity index is 2.59. The second-order valence-corrected chi connectivity index (χ2v) is 5.60. The molecule has 0 saturated heterocycles. The third kappa shape index (κ3) is 6.16. The second-order valence-electron chi connectivity index (χ2n) is 5.60. The van der Waals surface area contributed by atoms with Gasteiger partial charge in [0, 0.05) is 13.2 Å². The number of nitrogens with one attached hydrogen (secondary N) is 1. The molecule has 0 aliphatic heterocycles. The van der Waals surface area contributed by atoms with Crippen LogP contribution in [0.3, 0.4) is 0 Å². The quantitative estimate of drug-likeness (QED) is 0.580. The van der Waals surface area contributed by atoms with Gasteiger partial charge in [0.1, 0.15) is 0 Å². The van der Waals surface area contributed by atoms with Gasteiger partial charge in [-0.3, -0.25) is 0 Å². The minimum Gasteiger partial charge on any atom is -0.394 e. The van der Waals surface area contributed by atoms with Crippen molar-refractivity contribution in [3.8, 4) is 0 Å². The summed E-state index contributed by atoms with van der Waals surface area (Å²) in [7, 11) is 0. The highest BCUT2D eigenvalue weighted by molar-refractivity contribution is 5.24. The lowest BCUT2D eigenvalue weighted by Gasteiger charge is -2.34. The van der Waals surface area contributed by atoms with Crippen molar-refractivity contribution >= 4 is 0 Å². The monoisotopic (exact) mass is 293 g/mol. The van der Waals surface area contributed by atoms with E-state index in [0.717, 1.165) is 38.0 Å². The van der Waals surface area contributed by atoms with E-state index < -0.39 is 0 Å². The molecule has 0 saturated carbocycles. The summed E-state index contributed by atoms with van der Waals surface area (Å²) in [6.07, 6.45) is 5.39. The molecular formula is C18H31NO2. The first-order chi connectivity index (χ1) is 10.3. The molecule has 0 aliphatic rings. The van der Waals surface area contributed by atoms with Crippen LogP contribution in [0, 0.1) is 0 Å². The molecule has 1 unspecified atom stereocenters. The van der Waals surface area contributed by atoms with Crippen LogP contribution in [0.4, 0.5) is 0 Å². The number of aliphatic hydroxyl groups excluding tert-OH is 1. The van der Waals surface area contributed by atoms with E-state index in [9.17, 15) is 5.11 Å². The number of unbranched alkanes of at least 4 members (excludes halogenated alkanes) is 2. The molecule has 0 radical (unpaired) electrons. The average molecular weight is 293 g/mol. The number of hydrogen-bond donors (Lipinski definition) is 2. The van der Waals surface area contributed by atoms with Gasteiger partial charge in [0.2, 0.25) is 0 Å². The van der Waals surface area contributed by atoms with Crippen LogP contribution < -0.4 is 5.32 Å². The Bertz CT molecular complexity index is 355. The first-order valence-electron chi connectivity index (χ1n) is 8.28. The van der Waals surface area contributed by atoms with E-state index in [4.69, 9.17) is 4.74 Å². The second kappa shape index (κ2) is 10.8. The van der Waals surface area contributed by atoms with Gasteiger partial charge in [0.15, 0.2) is 0 Å². The Hall–Kier alpha value is -0.900. The molecule has 0 aromatic heterocycles. The highest BCUT2D eigenvalue weighted by Crippen LogP contribution is 2.25. The van der Waals surface area contributed by atoms with Gasteiger partial charge in [0.05, 0.1) is 12.1 Å². The molecule has 120 valence electrons. The van der Waals surface area contributed by atoms with Gasteiger partial charge in [-0.15, -0.1) is 0 Å². The van der Waals surface area contributed by atoms with Gasteiger partial charge in [0.25, 0.3) is 0 Å². The summed E-state index contributed by atoms with van der Waals surface area (Å²) in [5.74, 6) is 0. The molecule has 0 fully saturated rings. The number of hydrogen-bond acceptors (Lipinski definition) is 3. The fourth-order valence-electron chi connectivity index (χ4n) is 2.49. The van der Waals surface area contributed by atoms with Crippen LogP contribution in [-0.4, -0.2) is 31.5 Å². The van der Waals surface area contributed by atoms with Crippen molar-refractivity contribution in [1.29, 1.82) is 0 Å². The van der Waals surface area contributed by atoms with Crippen LogP contribution in [0.25, 0.3) is 0 Å². The van der Waals surface area contributed by atoms with Crippen molar-refractivity contribution in [3.63, 3.8) is 0 Å². The normalized spacial score (nSPS) is 14.0. The summed E-state index contributed by atoms with van der Waals surface area (Å²) in [5, 5.41) is 13.5. The summed E-state index contributed by atoms with van der Waals surface area (Å²) in [4.78, 5) is 0. The Morgan fingerprint density at radius 2 is 1.81 bits per heavy atom. The maximum Gasteiger partial charge on any atom is 0.0691 e. The zero-order valence-electron chi connectivity index (χ0n) is 13.6. The van der Waals surface area contributed by atoms with E-state index in [0.29, 0.717) is 6.61 Å². The highest BCUT2D eigenvalue weighted by atomic mass is 16.5. The average Bonchev–Trinajstić information content (AvgIpc) is 2.55. The molecule has 0 heterocycles. The molecule has 0 bridgehead atoms. The predicted octanol–water partition coefficient (Wildman–Crippen LogP) is 3.47. The Kier molecular flexibility index (Phi) is 9.31. The Morgan fingerprint density at radius 3 is 2.43 bits per heavy atom. The first kappa shape index (κ1) is 18.1. The molecule has 1 atom stereocenters. The molecule has 3 nitrogen and oxygen atoms in total. The molecule has 1 rings (SSSR count). The number of benzene rings is 1. The largest absolute Gasteiger partial charge is 0.394 e. The van der Waals surface area contributed by atoms with Gasteiger partial charge in [-0.2, -0.15) is 0 Å². The molecule has 0 aliphatic carbocycles. The van der Waals surface area contributed by atoms with Crippen LogP contribution >= 0.6 is 0 Å². The predicted molar refractivity (Wildman–Crippen MR) is 88.5 cm³/mol. The minimum absolute atomic E-state index is 0.0926. The third-order valence-electron chi connectivity index (χ3n) is 3.88. The molecule has 1 aromatic rings. The topological polar surface area (TPSA) is 41.5 Å². The van der Waals surface area contributed by atoms with E-state index in [1.165, 1.54) is 12.8 Å². The molecule has 0 amide bonds. The number of ether oxygens (including phenoxy) is 1. The van der Waals surface area contributed by atoms with Crippen molar-refractivity contribution in [2.75, 3.05) is 26.4 Å². The molecular weight excluding hydrogens is 262 g/mol. The van der Waals surface area contributed by atoms with Crippen LogP contribution in [0.2, 0.25) is 0 Å². The van der Waals surface area contributed by atoms with E-state index in [1.807, 2.05) is 18.2 Å². The van der Waals surface area contributed by atoms with Crippen molar-refractivity contribution < 1.29 is 9.84 Å². The van der Waals surface area contributed by atoms with Gasteiger partial charge in [-0.05, 0) is 31.4 Å². The lowest BCUT2D eigenvalue weighted by molar-refractivity contribution is 0.0770. The fourth-order valence-corrected chi connectivity index (χ4v) is 2.49. The number of aliphatic hydroxyl groups is 1. The Morgan fingerprint density at radius 1 is 1.05 bits per heavy atom. The lowest BCUT2D eigenvalue weighted by atomic mass is 9.87. The van der Waals surface area contributed by atoms with Crippen molar-refractivity contribution in [1.82, 2.24) is 5.32 Å². The van der Waals surface area contributed by atoms with Gasteiger partial charge < -0.3 is 15.2 Å². The van der Waals surface area contributed by atoms with Gasteiger partial charge >= 0.3 is 0 Å². The molecule has 1 aromatic carbocycles. The van der Waals surface area contributed by atoms with Crippen LogP contribution in [0.1, 0.15) is 51.5 Å². The first-order valence-corrected chi connectivity index (χ1v) is 8.28. The third-order valence-corrected chi connectivity index (χ3v) is 3.88. The lowest BCUT2D eigenvalue weighted by Crippen LogP contribution is -2.47. The van der Waals surface area contributed by atoms with Crippen molar-refractivity contribution in [3.05, 3.63) is 35.9 Å². The van der Waals surface area contributed by atoms with Gasteiger partial charge in [-0.25, -0.2) is 0 Å². The zero-order chi connectivity index (χ0) is 15.4. The van der Waals surface area contributed by atoms with Crippen molar-refractivity contribution in [2.24, 2.45) is 0 Å². The van der Waals surface area contributed by atoms with E-state index in [2.05, 4.69) is 31.3 Å². The minimum atomic E-state index is -0.387. The maximum absolute atomic E-state index is 9.98. The SMILES string of the molecule is CCCCCOCCC(CO)(NCCC)c1ccccc1. The number of rotatable bonds is 12. The summed E-state index contributed by atoms with van der Waals surface area (Å²) >= 11 is 0. The smallest absolute Gasteiger partial charge is 0.0691 e. The van der Waals surface area contributed by atoms with E-state index in [-0.39, 0.29) is 12.1 Å². The molecule has 2 N–H and O–H groups in total. The molecule has 0 spiro atoms. The summed E-state index contributed by atoms with van der Waals surface area (Å²) in [6, 6.07) is 10.2. The molecule has 21 heavy (non-hydrogen) atoms. The summed E-state index contributed by atoms with van der Waals surface area (Å²) in [5.41, 5.74) is 0.750. The van der Waals surface area contributed by atoms with Gasteiger partial charge in [-0.1, -0.05) is 57.0 Å². The van der Waals surface area contributed by atoms with E-state index >= 15 is 0 Å². The van der Waals surface area contributed by atoms with Crippen LogP contribution in [0.5, 0.6) is 0 Å². The van der Waals surface area contributed by atoms with E-state index in [1.54, 1.807) is 0 Å². The van der Waals surface area contributed by atoms with Crippen molar-refractivity contribution in [2.45, 2.75) is 51.5 Å². The highest BCUT2D eigenvalue weighted by Gasteiger charge is 2.30. The zero-order valence-corrected chi connectivity index (χ0v) is 13.6. The summed E-state index contributed by atoms with van der Waals surface area (Å²) in [6.45, 7) is 6.82. The maximum atomic E-state index is 9.98. The standard InChI is InChI=1S/C18H31NO2/c1-3-5-9-14-21-15-12-18(16-20,19-13-4-2)17-10-7-6-8-11-17/h6-8,10-11,19-20H,3-5,9,12-16H2,1-2H3. The summed E-state index contributed by atoms with van der Waals surface area (Å²) < 4.78 is 5.74. The van der Waals surface area contributed by atoms with Crippen LogP contribution in [0.15, 0.2) is 30.3 Å².